The van der Waals surface area contributed by atoms with Gasteiger partial charge in [0.15, 0.2) is 0 Å². The monoisotopic (exact) mass is 173 g/mol. The van der Waals surface area contributed by atoms with Gasteiger partial charge >= 0.3 is 5.37 Å². The minimum Gasteiger partial charge on any atom is -0.299 e. The Bertz CT molecular complexity index is 271. The van der Waals surface area contributed by atoms with E-state index in [1.165, 1.54) is 4.90 Å². The maximum atomic E-state index is 10.6. The average Bonchev–Trinajstić information content (AvgIpc) is 2.34. The first-order chi connectivity index (χ1) is 5.11. The van der Waals surface area contributed by atoms with Gasteiger partial charge in [0.1, 0.15) is 0 Å². The third-order valence-electron chi connectivity index (χ3n) is 1.34. The Balaban J connectivity index is 2.84. The predicted octanol–water partition coefficient (Wildman–Crippen LogP) is 1.22. The molecule has 0 aliphatic rings. The van der Waals surface area contributed by atoms with Gasteiger partial charge in [0.25, 0.3) is 0 Å². The second kappa shape index (κ2) is 2.92. The molecule has 0 unspecified atom stereocenters. The van der Waals surface area contributed by atoms with E-state index in [9.17, 15) is 4.79 Å². The van der Waals surface area contributed by atoms with Gasteiger partial charge in [0, 0.05) is 20.3 Å². The van der Waals surface area contributed by atoms with Gasteiger partial charge in [-0.05, 0) is 11.6 Å². The summed E-state index contributed by atoms with van der Waals surface area (Å²) in [6.45, 7) is 0. The normalized spacial score (nSPS) is 9.73. The molecule has 1 aromatic heterocycles. The van der Waals surface area contributed by atoms with E-state index in [4.69, 9.17) is 11.6 Å². The van der Waals surface area contributed by atoms with Crippen molar-refractivity contribution in [3.05, 3.63) is 12.4 Å². The quantitative estimate of drug-likeness (QED) is 0.473. The maximum Gasteiger partial charge on any atom is 0.320 e. The number of carbonyl (C=O) groups is 1. The Morgan fingerprint density at radius 2 is 2.45 bits per heavy atom. The zero-order valence-corrected chi connectivity index (χ0v) is 7.04. The molecule has 0 aliphatic carbocycles. The fourth-order valence-electron chi connectivity index (χ4n) is 0.683. The molecule has 0 fully saturated rings. The number of hydrogen-bond donors (Lipinski definition) is 0. The van der Waals surface area contributed by atoms with Gasteiger partial charge in [0.05, 0.1) is 11.9 Å². The molecule has 0 bridgehead atoms. The van der Waals surface area contributed by atoms with Crippen molar-refractivity contribution in [2.24, 2.45) is 7.05 Å². The van der Waals surface area contributed by atoms with E-state index in [-0.39, 0.29) is 0 Å². The van der Waals surface area contributed by atoms with Crippen molar-refractivity contribution in [2.75, 3.05) is 11.9 Å². The molecule has 1 aromatic rings. The number of halogens is 1. The van der Waals surface area contributed by atoms with E-state index in [0.717, 1.165) is 0 Å². The van der Waals surface area contributed by atoms with Crippen molar-refractivity contribution in [1.29, 1.82) is 0 Å². The first kappa shape index (κ1) is 8.07. The molecule has 0 spiro atoms. The summed E-state index contributed by atoms with van der Waals surface area (Å²) in [7, 11) is 3.36. The van der Waals surface area contributed by atoms with Gasteiger partial charge < -0.3 is 0 Å². The number of hydrogen-bond acceptors (Lipinski definition) is 2. The molecule has 5 heteroatoms. The topological polar surface area (TPSA) is 38.1 Å². The molecule has 0 aliphatic heterocycles. The van der Waals surface area contributed by atoms with Crippen LogP contribution in [0, 0.1) is 0 Å². The van der Waals surface area contributed by atoms with E-state index in [1.807, 2.05) is 0 Å². The van der Waals surface area contributed by atoms with Crippen LogP contribution in [0.4, 0.5) is 10.5 Å². The molecule has 0 radical (unpaired) electrons. The van der Waals surface area contributed by atoms with Gasteiger partial charge in [-0.15, -0.1) is 0 Å². The molecule has 60 valence electrons. The number of rotatable bonds is 1. The number of nitrogens with zero attached hydrogens (tertiary/aromatic N) is 3. The van der Waals surface area contributed by atoms with Crippen LogP contribution in [-0.2, 0) is 7.05 Å². The molecule has 1 rings (SSSR count). The lowest BCUT2D eigenvalue weighted by Crippen LogP contribution is -2.18. The van der Waals surface area contributed by atoms with Crippen LogP contribution in [0.2, 0.25) is 0 Å². The van der Waals surface area contributed by atoms with Crippen molar-refractivity contribution in [3.8, 4) is 0 Å². The van der Waals surface area contributed by atoms with Gasteiger partial charge in [0.2, 0.25) is 0 Å². The van der Waals surface area contributed by atoms with Gasteiger partial charge in [-0.1, -0.05) is 0 Å². The van der Waals surface area contributed by atoms with Crippen LogP contribution in [-0.4, -0.2) is 22.2 Å². The van der Waals surface area contributed by atoms with Gasteiger partial charge in [-0.3, -0.25) is 14.4 Å². The number of aryl methyl sites for hydroxylation is 1. The lowest BCUT2D eigenvalue weighted by atomic mass is 10.5. The molecule has 0 saturated heterocycles. The summed E-state index contributed by atoms with van der Waals surface area (Å²) in [5.74, 6) is 0. The van der Waals surface area contributed by atoms with Crippen molar-refractivity contribution < 1.29 is 4.79 Å². The molecule has 1 heterocycles. The Morgan fingerprint density at radius 1 is 1.82 bits per heavy atom. The van der Waals surface area contributed by atoms with Gasteiger partial charge in [-0.2, -0.15) is 5.10 Å². The van der Waals surface area contributed by atoms with Crippen molar-refractivity contribution in [2.45, 2.75) is 0 Å². The maximum absolute atomic E-state index is 10.6. The van der Waals surface area contributed by atoms with E-state index in [0.29, 0.717) is 5.69 Å². The summed E-state index contributed by atoms with van der Waals surface area (Å²) in [5, 5.41) is 3.37. The second-order valence-electron chi connectivity index (χ2n) is 2.18. The first-order valence-electron chi connectivity index (χ1n) is 3.03. The van der Waals surface area contributed by atoms with Crippen LogP contribution in [0.25, 0.3) is 0 Å². The van der Waals surface area contributed by atoms with E-state index in [2.05, 4.69) is 5.10 Å². The zero-order chi connectivity index (χ0) is 8.43. The lowest BCUT2D eigenvalue weighted by molar-refractivity contribution is 0.265. The molecule has 11 heavy (non-hydrogen) atoms. The SMILES string of the molecule is CN(C(=O)Cl)c1cnn(C)c1. The van der Waals surface area contributed by atoms with Crippen molar-refractivity contribution in [1.82, 2.24) is 9.78 Å². The highest BCUT2D eigenvalue weighted by atomic mass is 35.5. The number of aromatic nitrogens is 2. The van der Waals surface area contributed by atoms with E-state index >= 15 is 0 Å². The second-order valence-corrected chi connectivity index (χ2v) is 2.51. The fraction of sp³-hybridized carbons (Fsp3) is 0.333. The highest BCUT2D eigenvalue weighted by Crippen LogP contribution is 2.11. The Morgan fingerprint density at radius 3 is 2.82 bits per heavy atom. The summed E-state index contributed by atoms with van der Waals surface area (Å²) in [6, 6.07) is 0. The molecule has 0 saturated carbocycles. The summed E-state index contributed by atoms with van der Waals surface area (Å²) < 4.78 is 1.60. The van der Waals surface area contributed by atoms with E-state index in [1.54, 1.807) is 31.2 Å². The Labute approximate surface area is 69.4 Å². The third-order valence-corrected chi connectivity index (χ3v) is 1.60. The van der Waals surface area contributed by atoms with Crippen LogP contribution in [0.3, 0.4) is 0 Å². The van der Waals surface area contributed by atoms with Crippen LogP contribution in [0.15, 0.2) is 12.4 Å². The molecular formula is C6H8ClN3O. The Hall–Kier alpha value is -1.03. The number of carbonyl (C=O) groups excluding carboxylic acids is 1. The van der Waals surface area contributed by atoms with Crippen LogP contribution in [0.1, 0.15) is 0 Å². The van der Waals surface area contributed by atoms with Crippen LogP contribution in [0.5, 0.6) is 0 Å². The number of amides is 1. The third kappa shape index (κ3) is 1.71. The predicted molar refractivity (Wildman–Crippen MR) is 42.9 cm³/mol. The average molecular weight is 174 g/mol. The summed E-state index contributed by atoms with van der Waals surface area (Å²) in [4.78, 5) is 11.9. The van der Waals surface area contributed by atoms with Crippen LogP contribution < -0.4 is 4.90 Å². The summed E-state index contributed by atoms with van der Waals surface area (Å²) in [5.41, 5.74) is 0.688. The molecule has 0 atom stereocenters. The lowest BCUT2D eigenvalue weighted by Gasteiger charge is -2.08. The largest absolute Gasteiger partial charge is 0.320 e. The summed E-state index contributed by atoms with van der Waals surface area (Å²) >= 11 is 5.22. The molecule has 4 nitrogen and oxygen atoms in total. The van der Waals surface area contributed by atoms with E-state index < -0.39 is 5.37 Å². The summed E-state index contributed by atoms with van der Waals surface area (Å²) in [6.07, 6.45) is 3.28. The zero-order valence-electron chi connectivity index (χ0n) is 6.28. The molecule has 0 N–H and O–H groups in total. The first-order valence-corrected chi connectivity index (χ1v) is 3.41. The standard InChI is InChI=1S/C6H8ClN3O/c1-9-4-5(3-8-9)10(2)6(7)11/h3-4H,1-2H3. The van der Waals surface area contributed by atoms with Crippen molar-refractivity contribution in [3.63, 3.8) is 0 Å². The van der Waals surface area contributed by atoms with Crippen LogP contribution >= 0.6 is 11.6 Å². The molecular weight excluding hydrogens is 166 g/mol. The molecule has 1 amide bonds. The van der Waals surface area contributed by atoms with Crippen molar-refractivity contribution >= 4 is 22.7 Å². The highest BCUT2D eigenvalue weighted by molar-refractivity contribution is 6.66. The number of anilines is 1. The smallest absolute Gasteiger partial charge is 0.299 e. The molecule has 0 aromatic carbocycles. The fourth-order valence-corrected chi connectivity index (χ4v) is 0.781. The minimum atomic E-state index is -0.516. The Kier molecular flexibility index (Phi) is 2.14. The minimum absolute atomic E-state index is 0.516. The van der Waals surface area contributed by atoms with Gasteiger partial charge in [-0.25, -0.2) is 0 Å². The highest BCUT2D eigenvalue weighted by Gasteiger charge is 2.07.